The molecular formula is C16H15N5O2. The molecule has 116 valence electrons. The third-order valence-corrected chi connectivity index (χ3v) is 3.89. The Kier molecular flexibility index (Phi) is 3.00. The van der Waals surface area contributed by atoms with E-state index in [0.29, 0.717) is 28.5 Å². The van der Waals surface area contributed by atoms with Crippen LogP contribution in [0, 0.1) is 0 Å². The van der Waals surface area contributed by atoms with Crippen molar-refractivity contribution in [2.24, 2.45) is 0 Å². The van der Waals surface area contributed by atoms with Gasteiger partial charge in [0.1, 0.15) is 5.52 Å². The maximum atomic E-state index is 11.7. The summed E-state index contributed by atoms with van der Waals surface area (Å²) in [6, 6.07) is 5.68. The smallest absolute Gasteiger partial charge is 0.337 e. The van der Waals surface area contributed by atoms with Gasteiger partial charge in [0, 0.05) is 23.0 Å². The molecule has 1 fully saturated rings. The minimum atomic E-state index is -0.390. The van der Waals surface area contributed by atoms with Crippen molar-refractivity contribution < 1.29 is 9.53 Å². The van der Waals surface area contributed by atoms with Crippen LogP contribution < -0.4 is 11.1 Å². The van der Waals surface area contributed by atoms with Gasteiger partial charge in [-0.05, 0) is 25.0 Å². The second kappa shape index (κ2) is 5.05. The summed E-state index contributed by atoms with van der Waals surface area (Å²) in [6.07, 6.45) is 3.92. The molecule has 0 radical (unpaired) electrons. The summed E-state index contributed by atoms with van der Waals surface area (Å²) in [5.41, 5.74) is 7.57. The first-order chi connectivity index (χ1) is 11.2. The van der Waals surface area contributed by atoms with Crippen LogP contribution in [0.5, 0.6) is 0 Å². The van der Waals surface area contributed by atoms with E-state index in [1.54, 1.807) is 18.3 Å². The third-order valence-electron chi connectivity index (χ3n) is 3.89. The van der Waals surface area contributed by atoms with Crippen molar-refractivity contribution in [2.75, 3.05) is 18.2 Å². The Bertz CT molecular complexity index is 937. The van der Waals surface area contributed by atoms with Crippen LogP contribution >= 0.6 is 0 Å². The molecule has 0 saturated heterocycles. The predicted molar refractivity (Wildman–Crippen MR) is 87.2 cm³/mol. The van der Waals surface area contributed by atoms with Gasteiger partial charge in [-0.25, -0.2) is 19.7 Å². The highest BCUT2D eigenvalue weighted by Gasteiger charge is 2.23. The molecule has 1 aliphatic carbocycles. The Hall–Kier alpha value is -2.96. The fourth-order valence-corrected chi connectivity index (χ4v) is 2.56. The van der Waals surface area contributed by atoms with E-state index < -0.39 is 0 Å². The summed E-state index contributed by atoms with van der Waals surface area (Å²) in [6.45, 7) is 0. The van der Waals surface area contributed by atoms with Gasteiger partial charge in [0.2, 0.25) is 5.95 Å². The molecule has 2 heterocycles. The van der Waals surface area contributed by atoms with Gasteiger partial charge in [-0.1, -0.05) is 6.07 Å². The molecule has 3 N–H and O–H groups in total. The molecule has 1 aromatic carbocycles. The summed E-state index contributed by atoms with van der Waals surface area (Å²) >= 11 is 0. The summed E-state index contributed by atoms with van der Waals surface area (Å²) in [7, 11) is 1.36. The average Bonchev–Trinajstić information content (AvgIpc) is 3.37. The van der Waals surface area contributed by atoms with Gasteiger partial charge in [0.15, 0.2) is 5.82 Å². The second-order valence-corrected chi connectivity index (χ2v) is 5.59. The number of rotatable bonds is 3. The predicted octanol–water partition coefficient (Wildman–Crippen LogP) is 2.12. The van der Waals surface area contributed by atoms with Crippen LogP contribution in [-0.2, 0) is 4.74 Å². The number of nitrogen functional groups attached to an aromatic ring is 1. The summed E-state index contributed by atoms with van der Waals surface area (Å²) in [4.78, 5) is 24.8. The van der Waals surface area contributed by atoms with Crippen molar-refractivity contribution in [1.82, 2.24) is 15.0 Å². The second-order valence-electron chi connectivity index (χ2n) is 5.59. The Balaban J connectivity index is 1.98. The number of benzene rings is 1. The zero-order chi connectivity index (χ0) is 16.0. The van der Waals surface area contributed by atoms with Gasteiger partial charge in [-0.3, -0.25) is 0 Å². The summed E-state index contributed by atoms with van der Waals surface area (Å²) < 4.78 is 4.77. The molecule has 0 atom stereocenters. The Morgan fingerprint density at radius 3 is 2.87 bits per heavy atom. The number of esters is 1. The lowest BCUT2D eigenvalue weighted by molar-refractivity contribution is 0.0601. The van der Waals surface area contributed by atoms with E-state index in [9.17, 15) is 4.79 Å². The van der Waals surface area contributed by atoms with E-state index in [1.165, 1.54) is 7.11 Å². The van der Waals surface area contributed by atoms with E-state index in [-0.39, 0.29) is 11.9 Å². The molecule has 0 spiro atoms. The SMILES string of the molecule is COC(=O)c1ccc2c(c1)nc(NC1CC1)c1nc(N)ncc12. The van der Waals surface area contributed by atoms with Crippen LogP contribution in [0.2, 0.25) is 0 Å². The molecule has 23 heavy (non-hydrogen) atoms. The minimum Gasteiger partial charge on any atom is -0.465 e. The molecule has 0 amide bonds. The largest absolute Gasteiger partial charge is 0.465 e. The number of fused-ring (bicyclic) bond motifs is 3. The van der Waals surface area contributed by atoms with Crippen molar-refractivity contribution >= 4 is 39.5 Å². The number of hydrogen-bond donors (Lipinski definition) is 2. The van der Waals surface area contributed by atoms with E-state index in [1.807, 2.05) is 6.07 Å². The number of nitrogens with two attached hydrogens (primary N) is 1. The summed E-state index contributed by atoms with van der Waals surface area (Å²) in [5.74, 6) is 0.494. The highest BCUT2D eigenvalue weighted by atomic mass is 16.5. The molecular weight excluding hydrogens is 294 g/mol. The summed E-state index contributed by atoms with van der Waals surface area (Å²) in [5, 5.41) is 5.09. The van der Waals surface area contributed by atoms with E-state index in [4.69, 9.17) is 10.5 Å². The zero-order valence-electron chi connectivity index (χ0n) is 12.5. The van der Waals surface area contributed by atoms with Crippen LogP contribution in [0.15, 0.2) is 24.4 Å². The number of hydrogen-bond acceptors (Lipinski definition) is 7. The first-order valence-corrected chi connectivity index (χ1v) is 7.36. The fourth-order valence-electron chi connectivity index (χ4n) is 2.56. The standard InChI is InChI=1S/C16H15N5O2/c1-23-15(22)8-2-5-10-11-7-18-16(17)21-13(11)14(19-9-3-4-9)20-12(10)6-8/h2,5-7,9H,3-4H2,1H3,(H,19,20)(H2,17,18,21). The first-order valence-electron chi connectivity index (χ1n) is 7.36. The monoisotopic (exact) mass is 309 g/mol. The quantitative estimate of drug-likeness (QED) is 0.564. The highest BCUT2D eigenvalue weighted by molar-refractivity contribution is 6.09. The number of methoxy groups -OCH3 is 1. The molecule has 0 aliphatic heterocycles. The van der Waals surface area contributed by atoms with Gasteiger partial charge >= 0.3 is 5.97 Å². The number of nitrogens with one attached hydrogen (secondary N) is 1. The third kappa shape index (κ3) is 2.40. The number of aromatic nitrogens is 3. The Labute approximate surface area is 131 Å². The number of anilines is 2. The van der Waals surface area contributed by atoms with Gasteiger partial charge < -0.3 is 15.8 Å². The molecule has 0 unspecified atom stereocenters. The van der Waals surface area contributed by atoms with Gasteiger partial charge in [0.05, 0.1) is 18.2 Å². The number of carbonyl (C=O) groups excluding carboxylic acids is 1. The van der Waals surface area contributed by atoms with Crippen LogP contribution in [0.25, 0.3) is 21.8 Å². The topological polar surface area (TPSA) is 103 Å². The van der Waals surface area contributed by atoms with Crippen LogP contribution in [0.4, 0.5) is 11.8 Å². The minimum absolute atomic E-state index is 0.212. The molecule has 1 aliphatic rings. The molecule has 4 rings (SSSR count). The van der Waals surface area contributed by atoms with Crippen molar-refractivity contribution in [3.63, 3.8) is 0 Å². The number of ether oxygens (including phenoxy) is 1. The molecule has 7 nitrogen and oxygen atoms in total. The molecule has 3 aromatic rings. The molecule has 2 aromatic heterocycles. The first kappa shape index (κ1) is 13.7. The van der Waals surface area contributed by atoms with Crippen molar-refractivity contribution in [3.05, 3.63) is 30.0 Å². The van der Waals surface area contributed by atoms with Gasteiger partial charge in [0.25, 0.3) is 0 Å². The van der Waals surface area contributed by atoms with Crippen LogP contribution in [0.3, 0.4) is 0 Å². The maximum Gasteiger partial charge on any atom is 0.337 e. The van der Waals surface area contributed by atoms with E-state index in [0.717, 1.165) is 23.6 Å². The van der Waals surface area contributed by atoms with Gasteiger partial charge in [-0.2, -0.15) is 0 Å². The number of carbonyl (C=O) groups is 1. The Morgan fingerprint density at radius 2 is 2.13 bits per heavy atom. The van der Waals surface area contributed by atoms with Crippen LogP contribution in [0.1, 0.15) is 23.2 Å². The van der Waals surface area contributed by atoms with Gasteiger partial charge in [-0.15, -0.1) is 0 Å². The lowest BCUT2D eigenvalue weighted by Crippen LogP contribution is -2.07. The van der Waals surface area contributed by atoms with Crippen LogP contribution in [-0.4, -0.2) is 34.1 Å². The average molecular weight is 309 g/mol. The molecule has 7 heteroatoms. The lowest BCUT2D eigenvalue weighted by Gasteiger charge is -2.11. The van der Waals surface area contributed by atoms with Crippen molar-refractivity contribution in [2.45, 2.75) is 18.9 Å². The highest BCUT2D eigenvalue weighted by Crippen LogP contribution is 2.32. The fraction of sp³-hybridized carbons (Fsp3) is 0.250. The molecule has 1 saturated carbocycles. The normalized spacial score (nSPS) is 14.1. The zero-order valence-corrected chi connectivity index (χ0v) is 12.5. The number of nitrogens with zero attached hydrogens (tertiary/aromatic N) is 3. The van der Waals surface area contributed by atoms with Crippen molar-refractivity contribution in [3.8, 4) is 0 Å². The lowest BCUT2D eigenvalue weighted by atomic mass is 10.1. The Morgan fingerprint density at radius 1 is 1.30 bits per heavy atom. The molecule has 0 bridgehead atoms. The van der Waals surface area contributed by atoms with E-state index in [2.05, 4.69) is 20.3 Å². The maximum absolute atomic E-state index is 11.7. The number of pyridine rings is 1. The van der Waals surface area contributed by atoms with E-state index >= 15 is 0 Å². The van der Waals surface area contributed by atoms with Crippen molar-refractivity contribution in [1.29, 1.82) is 0 Å².